The van der Waals surface area contributed by atoms with Gasteiger partial charge in [-0.15, -0.1) is 0 Å². The molecule has 1 aliphatic heterocycles. The number of halogens is 1. The molecule has 0 N–H and O–H groups in total. The lowest BCUT2D eigenvalue weighted by Crippen LogP contribution is -2.45. The second-order valence-electron chi connectivity index (χ2n) is 8.54. The minimum atomic E-state index is -3.69. The highest BCUT2D eigenvalue weighted by Crippen LogP contribution is 2.27. The van der Waals surface area contributed by atoms with E-state index in [1.54, 1.807) is 12.1 Å². The molecule has 3 rings (SSSR count). The second kappa shape index (κ2) is 9.45. The number of sulfonamides is 1. The van der Waals surface area contributed by atoms with Crippen LogP contribution in [-0.2, 0) is 20.2 Å². The standard InChI is InChI=1S/C23H30FNO4S/c1-23(2,3)18-4-10-22(11-5-18)30(26,27)25(20-12-15-28-16-13-20)14-17-29-21-8-6-19(24)7-9-21/h4-11,20H,12-17H2,1-3H3. The average molecular weight is 436 g/mol. The van der Waals surface area contributed by atoms with Crippen LogP contribution in [0.4, 0.5) is 4.39 Å². The Balaban J connectivity index is 1.78. The third kappa shape index (κ3) is 5.59. The second-order valence-corrected chi connectivity index (χ2v) is 10.4. The molecular weight excluding hydrogens is 405 g/mol. The molecule has 0 saturated carbocycles. The zero-order valence-corrected chi connectivity index (χ0v) is 18.6. The molecule has 7 heteroatoms. The summed E-state index contributed by atoms with van der Waals surface area (Å²) in [5, 5.41) is 0. The Labute approximate surface area is 178 Å². The summed E-state index contributed by atoms with van der Waals surface area (Å²) in [6.07, 6.45) is 1.30. The van der Waals surface area contributed by atoms with Gasteiger partial charge in [0.1, 0.15) is 18.2 Å². The highest BCUT2D eigenvalue weighted by molar-refractivity contribution is 7.89. The fraction of sp³-hybridized carbons (Fsp3) is 0.478. The van der Waals surface area contributed by atoms with Crippen molar-refractivity contribution in [1.82, 2.24) is 4.31 Å². The maximum atomic E-state index is 13.5. The van der Waals surface area contributed by atoms with Crippen LogP contribution >= 0.6 is 0 Å². The number of hydrogen-bond acceptors (Lipinski definition) is 4. The Hall–Kier alpha value is -1.96. The molecular formula is C23H30FNO4S. The van der Waals surface area contributed by atoms with Crippen molar-refractivity contribution in [2.45, 2.75) is 50.0 Å². The van der Waals surface area contributed by atoms with Gasteiger partial charge in [0.15, 0.2) is 0 Å². The summed E-state index contributed by atoms with van der Waals surface area (Å²) >= 11 is 0. The van der Waals surface area contributed by atoms with Crippen LogP contribution in [0.15, 0.2) is 53.4 Å². The van der Waals surface area contributed by atoms with E-state index in [1.807, 2.05) is 12.1 Å². The molecule has 0 amide bonds. The molecule has 1 heterocycles. The largest absolute Gasteiger partial charge is 0.492 e. The minimum Gasteiger partial charge on any atom is -0.492 e. The van der Waals surface area contributed by atoms with Crippen LogP contribution in [0.2, 0.25) is 0 Å². The summed E-state index contributed by atoms with van der Waals surface area (Å²) in [7, 11) is -3.69. The van der Waals surface area contributed by atoms with Crippen molar-refractivity contribution in [3.05, 3.63) is 59.9 Å². The summed E-state index contributed by atoms with van der Waals surface area (Å²) in [6.45, 7) is 7.76. The molecule has 2 aromatic rings. The topological polar surface area (TPSA) is 55.8 Å². The molecule has 1 aliphatic rings. The molecule has 164 valence electrons. The van der Waals surface area contributed by atoms with Gasteiger partial charge in [-0.2, -0.15) is 4.31 Å². The predicted octanol–water partition coefficient (Wildman–Crippen LogP) is 4.37. The predicted molar refractivity (Wildman–Crippen MR) is 115 cm³/mol. The summed E-state index contributed by atoms with van der Waals surface area (Å²) in [5.74, 6) is 0.169. The first-order valence-corrected chi connectivity index (χ1v) is 11.7. The molecule has 2 aromatic carbocycles. The molecule has 0 atom stereocenters. The summed E-state index contributed by atoms with van der Waals surface area (Å²) < 4.78 is 52.6. The average Bonchev–Trinajstić information content (AvgIpc) is 2.72. The van der Waals surface area contributed by atoms with E-state index >= 15 is 0 Å². The molecule has 0 spiro atoms. The molecule has 30 heavy (non-hydrogen) atoms. The highest BCUT2D eigenvalue weighted by atomic mass is 32.2. The zero-order valence-electron chi connectivity index (χ0n) is 17.8. The van der Waals surface area contributed by atoms with E-state index in [0.29, 0.717) is 31.8 Å². The van der Waals surface area contributed by atoms with Crippen molar-refractivity contribution in [1.29, 1.82) is 0 Å². The van der Waals surface area contributed by atoms with E-state index in [-0.39, 0.29) is 35.3 Å². The maximum Gasteiger partial charge on any atom is 0.243 e. The zero-order chi connectivity index (χ0) is 21.8. The fourth-order valence-electron chi connectivity index (χ4n) is 3.52. The summed E-state index contributed by atoms with van der Waals surface area (Å²) in [5.41, 5.74) is 1.03. The van der Waals surface area contributed by atoms with E-state index < -0.39 is 10.0 Å². The van der Waals surface area contributed by atoms with Crippen molar-refractivity contribution >= 4 is 10.0 Å². The van der Waals surface area contributed by atoms with Gasteiger partial charge < -0.3 is 9.47 Å². The Morgan fingerprint density at radius 2 is 1.63 bits per heavy atom. The van der Waals surface area contributed by atoms with E-state index in [1.165, 1.54) is 28.6 Å². The fourth-order valence-corrected chi connectivity index (χ4v) is 5.19. The van der Waals surface area contributed by atoms with Gasteiger partial charge in [0, 0.05) is 25.8 Å². The van der Waals surface area contributed by atoms with Crippen LogP contribution in [0.3, 0.4) is 0 Å². The van der Waals surface area contributed by atoms with E-state index in [4.69, 9.17) is 9.47 Å². The van der Waals surface area contributed by atoms with Gasteiger partial charge in [-0.3, -0.25) is 0 Å². The first kappa shape index (κ1) is 22.7. The van der Waals surface area contributed by atoms with E-state index in [9.17, 15) is 12.8 Å². The number of nitrogens with zero attached hydrogens (tertiary/aromatic N) is 1. The lowest BCUT2D eigenvalue weighted by atomic mass is 9.87. The first-order valence-electron chi connectivity index (χ1n) is 10.3. The third-order valence-electron chi connectivity index (χ3n) is 5.32. The first-order chi connectivity index (χ1) is 14.2. The van der Waals surface area contributed by atoms with Crippen LogP contribution in [0.1, 0.15) is 39.2 Å². The monoisotopic (exact) mass is 435 g/mol. The van der Waals surface area contributed by atoms with Crippen LogP contribution in [-0.4, -0.2) is 45.1 Å². The van der Waals surface area contributed by atoms with E-state index in [0.717, 1.165) is 5.56 Å². The lowest BCUT2D eigenvalue weighted by Gasteiger charge is -2.33. The maximum absolute atomic E-state index is 13.5. The van der Waals surface area contributed by atoms with Gasteiger partial charge in [0.2, 0.25) is 10.0 Å². The van der Waals surface area contributed by atoms with Crippen LogP contribution in [0, 0.1) is 5.82 Å². The summed E-state index contributed by atoms with van der Waals surface area (Å²) in [4.78, 5) is 0.281. The van der Waals surface area contributed by atoms with Gasteiger partial charge in [-0.25, -0.2) is 12.8 Å². The Morgan fingerprint density at radius 3 is 2.20 bits per heavy atom. The van der Waals surface area contributed by atoms with Gasteiger partial charge in [0.25, 0.3) is 0 Å². The molecule has 0 bridgehead atoms. The smallest absolute Gasteiger partial charge is 0.243 e. The number of ether oxygens (including phenoxy) is 2. The van der Waals surface area contributed by atoms with Crippen LogP contribution < -0.4 is 4.74 Å². The lowest BCUT2D eigenvalue weighted by molar-refractivity contribution is 0.0557. The third-order valence-corrected chi connectivity index (χ3v) is 7.29. The molecule has 0 aromatic heterocycles. The van der Waals surface area contributed by atoms with Crippen molar-refractivity contribution in [2.75, 3.05) is 26.4 Å². The quantitative estimate of drug-likeness (QED) is 0.648. The molecule has 0 radical (unpaired) electrons. The van der Waals surface area contributed by atoms with Gasteiger partial charge in [-0.1, -0.05) is 32.9 Å². The van der Waals surface area contributed by atoms with Gasteiger partial charge in [-0.05, 0) is 60.2 Å². The van der Waals surface area contributed by atoms with Crippen molar-refractivity contribution in [3.8, 4) is 5.75 Å². The normalized spacial score (nSPS) is 16.0. The van der Waals surface area contributed by atoms with Crippen molar-refractivity contribution in [3.63, 3.8) is 0 Å². The number of hydrogen-bond donors (Lipinski definition) is 0. The van der Waals surface area contributed by atoms with Gasteiger partial charge in [0.05, 0.1) is 4.90 Å². The van der Waals surface area contributed by atoms with Crippen LogP contribution in [0.25, 0.3) is 0 Å². The SMILES string of the molecule is CC(C)(C)c1ccc(S(=O)(=O)N(CCOc2ccc(F)cc2)C2CCOCC2)cc1. The Kier molecular flexibility index (Phi) is 7.16. The Morgan fingerprint density at radius 1 is 1.03 bits per heavy atom. The van der Waals surface area contributed by atoms with Crippen molar-refractivity contribution < 1.29 is 22.3 Å². The number of rotatable bonds is 7. The van der Waals surface area contributed by atoms with Crippen LogP contribution in [0.5, 0.6) is 5.75 Å². The van der Waals surface area contributed by atoms with E-state index in [2.05, 4.69) is 20.8 Å². The highest BCUT2D eigenvalue weighted by Gasteiger charge is 2.32. The molecule has 1 fully saturated rings. The minimum absolute atomic E-state index is 0.0499. The Bertz CT molecular complexity index is 915. The number of benzene rings is 2. The summed E-state index contributed by atoms with van der Waals surface area (Å²) in [6, 6.07) is 12.7. The molecule has 0 aliphatic carbocycles. The molecule has 0 unspecified atom stereocenters. The van der Waals surface area contributed by atoms with Gasteiger partial charge >= 0.3 is 0 Å². The van der Waals surface area contributed by atoms with Crippen molar-refractivity contribution in [2.24, 2.45) is 0 Å². The molecule has 1 saturated heterocycles. The molecule has 5 nitrogen and oxygen atoms in total.